The van der Waals surface area contributed by atoms with Gasteiger partial charge in [-0.05, 0) is 25.1 Å². The first-order chi connectivity index (χ1) is 14.7. The molecular weight excluding hydrogens is 417 g/mol. The van der Waals surface area contributed by atoms with Gasteiger partial charge in [0.1, 0.15) is 16.9 Å². The van der Waals surface area contributed by atoms with E-state index in [1.807, 2.05) is 0 Å². The molecule has 0 fully saturated rings. The zero-order chi connectivity index (χ0) is 22.6. The van der Waals surface area contributed by atoms with E-state index < -0.39 is 24.2 Å². The Morgan fingerprint density at radius 3 is 2.61 bits per heavy atom. The second-order valence-corrected chi connectivity index (χ2v) is 6.36. The summed E-state index contributed by atoms with van der Waals surface area (Å²) in [6, 6.07) is 7.52. The molecule has 1 atom stereocenters. The third kappa shape index (κ3) is 5.00. The van der Waals surface area contributed by atoms with Crippen LogP contribution in [0, 0.1) is 0 Å². The van der Waals surface area contributed by atoms with Gasteiger partial charge in [0.05, 0.1) is 12.1 Å². The molecule has 8 nitrogen and oxygen atoms in total. The maximum Gasteiger partial charge on any atom is 0.425 e. The molecule has 1 amide bonds. The molecule has 0 aliphatic carbocycles. The summed E-state index contributed by atoms with van der Waals surface area (Å²) in [5, 5.41) is 3.04. The number of aromatic nitrogens is 2. The third-order valence-electron chi connectivity index (χ3n) is 4.20. The smallest absolute Gasteiger partial charge is 0.425 e. The number of fused-ring (bicyclic) bond motifs is 1. The van der Waals surface area contributed by atoms with Crippen LogP contribution < -0.4 is 11.1 Å². The van der Waals surface area contributed by atoms with Gasteiger partial charge in [0.2, 0.25) is 0 Å². The fraction of sp³-hybridized carbons (Fsp3) is 0.200. The number of furan rings is 1. The summed E-state index contributed by atoms with van der Waals surface area (Å²) in [6.07, 6.45) is -2.97. The minimum absolute atomic E-state index is 0.0436. The van der Waals surface area contributed by atoms with E-state index in [2.05, 4.69) is 20.0 Å². The predicted octanol–water partition coefficient (Wildman–Crippen LogP) is 2.95. The van der Waals surface area contributed by atoms with E-state index in [1.165, 1.54) is 24.5 Å². The maximum atomic E-state index is 12.7. The Kier molecular flexibility index (Phi) is 6.23. The van der Waals surface area contributed by atoms with Crippen molar-refractivity contribution in [3.8, 4) is 0 Å². The number of benzene rings is 1. The first-order valence-corrected chi connectivity index (χ1v) is 8.97. The second-order valence-electron chi connectivity index (χ2n) is 6.36. The van der Waals surface area contributed by atoms with Crippen LogP contribution in [0.3, 0.4) is 0 Å². The van der Waals surface area contributed by atoms with Gasteiger partial charge in [0, 0.05) is 24.0 Å². The van der Waals surface area contributed by atoms with Crippen LogP contribution in [0.4, 0.5) is 13.2 Å². The molecule has 3 aromatic rings. The number of amides is 1. The molecule has 0 saturated heterocycles. The number of carbonyl (C=O) groups is 2. The molecule has 2 aromatic heterocycles. The highest BCUT2D eigenvalue weighted by molar-refractivity contribution is 6.18. The fourth-order valence-electron chi connectivity index (χ4n) is 2.61. The molecule has 0 spiro atoms. The van der Waals surface area contributed by atoms with Crippen LogP contribution >= 0.6 is 0 Å². The molecule has 3 N–H and O–H groups in total. The Bertz CT molecular complexity index is 1130. The van der Waals surface area contributed by atoms with E-state index in [0.29, 0.717) is 5.39 Å². The number of hydrogen-bond donors (Lipinski definition) is 2. The molecule has 31 heavy (non-hydrogen) atoms. The Hall–Kier alpha value is -3.89. The van der Waals surface area contributed by atoms with E-state index in [9.17, 15) is 22.8 Å². The third-order valence-corrected chi connectivity index (χ3v) is 4.20. The summed E-state index contributed by atoms with van der Waals surface area (Å²) in [4.78, 5) is 32.5. The summed E-state index contributed by atoms with van der Waals surface area (Å²) >= 11 is 0. The highest BCUT2D eigenvalue weighted by Gasteiger charge is 2.39. The largest absolute Gasteiger partial charge is 0.458 e. The van der Waals surface area contributed by atoms with Crippen molar-refractivity contribution in [2.45, 2.75) is 25.7 Å². The van der Waals surface area contributed by atoms with Crippen LogP contribution in [0.1, 0.15) is 28.9 Å². The molecule has 2 heterocycles. The topological polar surface area (TPSA) is 120 Å². The number of rotatable bonds is 6. The van der Waals surface area contributed by atoms with Gasteiger partial charge < -0.3 is 20.2 Å². The summed E-state index contributed by atoms with van der Waals surface area (Å²) in [6.45, 7) is 0.658. The van der Waals surface area contributed by atoms with E-state index in [4.69, 9.17) is 10.2 Å². The van der Waals surface area contributed by atoms with Gasteiger partial charge in [-0.25, -0.2) is 14.8 Å². The highest BCUT2D eigenvalue weighted by Crippen LogP contribution is 2.27. The van der Waals surface area contributed by atoms with Gasteiger partial charge in [0.15, 0.2) is 11.9 Å². The Morgan fingerprint density at radius 2 is 1.97 bits per heavy atom. The summed E-state index contributed by atoms with van der Waals surface area (Å²) in [5.41, 5.74) is 5.43. The monoisotopic (exact) mass is 434 g/mol. The van der Waals surface area contributed by atoms with Gasteiger partial charge in [-0.2, -0.15) is 13.2 Å². The molecule has 1 aromatic carbocycles. The van der Waals surface area contributed by atoms with Crippen molar-refractivity contribution in [2.75, 3.05) is 0 Å². The average Bonchev–Trinajstić information content (AvgIpc) is 3.16. The van der Waals surface area contributed by atoms with Gasteiger partial charge >= 0.3 is 12.1 Å². The van der Waals surface area contributed by atoms with Crippen LogP contribution in [0.5, 0.6) is 0 Å². The minimum Gasteiger partial charge on any atom is -0.458 e. The number of nitrogens with zero attached hydrogens (tertiary/aromatic N) is 2. The number of nitrogens with two attached hydrogens (primary N) is 1. The van der Waals surface area contributed by atoms with Crippen LogP contribution in [0.2, 0.25) is 0 Å². The number of para-hydroxylation sites is 1. The quantitative estimate of drug-likeness (QED) is 0.452. The van der Waals surface area contributed by atoms with Gasteiger partial charge in [-0.15, -0.1) is 0 Å². The van der Waals surface area contributed by atoms with Gasteiger partial charge in [-0.1, -0.05) is 12.1 Å². The number of halogens is 3. The lowest BCUT2D eigenvalue weighted by Crippen LogP contribution is -2.30. The van der Waals surface area contributed by atoms with E-state index in [0.717, 1.165) is 13.1 Å². The number of alkyl halides is 3. The molecule has 11 heteroatoms. The van der Waals surface area contributed by atoms with Crippen molar-refractivity contribution in [2.24, 2.45) is 5.73 Å². The molecule has 0 bridgehead atoms. The first-order valence-electron chi connectivity index (χ1n) is 8.97. The molecule has 162 valence electrons. The molecule has 0 aliphatic rings. The van der Waals surface area contributed by atoms with E-state index in [1.54, 1.807) is 18.2 Å². The molecule has 0 radical (unpaired) electrons. The summed E-state index contributed by atoms with van der Waals surface area (Å²) in [5.74, 6) is -1.34. The van der Waals surface area contributed by atoms with E-state index >= 15 is 0 Å². The number of esters is 1. The molecule has 1 unspecified atom stereocenters. The van der Waals surface area contributed by atoms with Crippen LogP contribution in [-0.4, -0.2) is 34.1 Å². The fourth-order valence-corrected chi connectivity index (χ4v) is 2.61. The van der Waals surface area contributed by atoms with Gasteiger partial charge in [0.25, 0.3) is 5.91 Å². The van der Waals surface area contributed by atoms with Crippen LogP contribution in [0.15, 0.2) is 53.3 Å². The van der Waals surface area contributed by atoms with Gasteiger partial charge in [-0.3, -0.25) is 4.79 Å². The number of nitrogens with one attached hydrogen (secondary N) is 1. The first kappa shape index (κ1) is 21.8. The van der Waals surface area contributed by atoms with Crippen molar-refractivity contribution in [1.82, 2.24) is 15.3 Å². The molecule has 3 rings (SSSR count). The average molecular weight is 434 g/mol. The Morgan fingerprint density at radius 1 is 1.26 bits per heavy atom. The summed E-state index contributed by atoms with van der Waals surface area (Å²) in [7, 11) is 0. The van der Waals surface area contributed by atoms with Crippen molar-refractivity contribution in [1.29, 1.82) is 0 Å². The molecule has 0 saturated carbocycles. The highest BCUT2D eigenvalue weighted by atomic mass is 19.4. The van der Waals surface area contributed by atoms with Crippen molar-refractivity contribution < 1.29 is 31.9 Å². The minimum atomic E-state index is -4.68. The normalized spacial score (nSPS) is 13.1. The van der Waals surface area contributed by atoms with E-state index in [-0.39, 0.29) is 34.8 Å². The second kappa shape index (κ2) is 8.86. The standard InChI is InChI=1S/C20H17F3N4O4/c1-11(20(21,22)23)30-19(29)14-5-2-4-12-8-13(31-16(12)14)10-27-18(28)15(9-24)17-25-6-3-7-26-17/h2-9,11H,10,24H2,1H3,(H,27,28)/b15-9+. The van der Waals surface area contributed by atoms with Crippen LogP contribution in [0.25, 0.3) is 16.5 Å². The SMILES string of the molecule is CC(OC(=O)c1cccc2cc(CNC(=O)/C(=C/N)c3ncccn3)oc12)C(F)(F)F. The zero-order valence-electron chi connectivity index (χ0n) is 16.1. The van der Waals surface area contributed by atoms with Crippen molar-refractivity contribution in [3.05, 3.63) is 66.1 Å². The number of carbonyl (C=O) groups excluding carboxylic acids is 2. The lowest BCUT2D eigenvalue weighted by Gasteiger charge is -2.16. The molecule has 0 aliphatic heterocycles. The summed E-state index contributed by atoms with van der Waals surface area (Å²) < 4.78 is 48.1. The maximum absolute atomic E-state index is 12.7. The zero-order valence-corrected chi connectivity index (χ0v) is 16.1. The number of ether oxygens (including phenoxy) is 1. The van der Waals surface area contributed by atoms with Crippen molar-refractivity contribution >= 4 is 28.4 Å². The predicted molar refractivity (Wildman–Crippen MR) is 103 cm³/mol. The van der Waals surface area contributed by atoms with Crippen LogP contribution in [-0.2, 0) is 16.1 Å². The lowest BCUT2D eigenvalue weighted by atomic mass is 10.1. The molecular formula is C20H17F3N4O4. The van der Waals surface area contributed by atoms with Crippen molar-refractivity contribution in [3.63, 3.8) is 0 Å². The Balaban J connectivity index is 1.75. The Labute approximate surface area is 173 Å². The number of hydrogen-bond acceptors (Lipinski definition) is 7. The lowest BCUT2D eigenvalue weighted by molar-refractivity contribution is -0.198.